The van der Waals surface area contributed by atoms with Gasteiger partial charge in [0, 0.05) is 0 Å². The molecule has 4 nitrogen and oxygen atoms in total. The van der Waals surface area contributed by atoms with Crippen molar-refractivity contribution in [1.82, 2.24) is 0 Å². The van der Waals surface area contributed by atoms with Gasteiger partial charge in [-0.1, -0.05) is 18.9 Å². The van der Waals surface area contributed by atoms with Crippen LogP contribution in [0.15, 0.2) is 12.7 Å². The minimum Gasteiger partial charge on any atom is -0.481 e. The average Bonchev–Trinajstić information content (AvgIpc) is 2.93. The van der Waals surface area contributed by atoms with E-state index in [4.69, 9.17) is 4.74 Å². The van der Waals surface area contributed by atoms with Crippen molar-refractivity contribution in [2.24, 2.45) is 11.8 Å². The lowest BCUT2D eigenvalue weighted by molar-refractivity contribution is -0.153. The molecule has 4 heteroatoms. The SMILES string of the molecule is C=CCCCCCOC(=O)C[C@H](C(=O)O)C1CCCC1. The summed E-state index contributed by atoms with van der Waals surface area (Å²) in [4.78, 5) is 23.0. The second kappa shape index (κ2) is 9.56. The zero-order valence-corrected chi connectivity index (χ0v) is 12.2. The van der Waals surface area contributed by atoms with E-state index in [0.717, 1.165) is 51.4 Å². The molecule has 1 saturated carbocycles. The smallest absolute Gasteiger partial charge is 0.307 e. The van der Waals surface area contributed by atoms with Crippen molar-refractivity contribution in [2.75, 3.05) is 6.61 Å². The summed E-state index contributed by atoms with van der Waals surface area (Å²) < 4.78 is 5.13. The zero-order valence-electron chi connectivity index (χ0n) is 12.2. The van der Waals surface area contributed by atoms with Crippen LogP contribution in [0.2, 0.25) is 0 Å². The van der Waals surface area contributed by atoms with Gasteiger partial charge in [0.05, 0.1) is 18.9 Å². The van der Waals surface area contributed by atoms with Crippen molar-refractivity contribution in [3.8, 4) is 0 Å². The normalized spacial score (nSPS) is 16.8. The fourth-order valence-corrected chi connectivity index (χ4v) is 2.81. The van der Waals surface area contributed by atoms with E-state index in [1.54, 1.807) is 0 Å². The average molecular weight is 282 g/mol. The van der Waals surface area contributed by atoms with E-state index < -0.39 is 11.9 Å². The molecule has 0 heterocycles. The third kappa shape index (κ3) is 6.22. The van der Waals surface area contributed by atoms with Crippen molar-refractivity contribution >= 4 is 11.9 Å². The first kappa shape index (κ1) is 16.7. The van der Waals surface area contributed by atoms with Crippen LogP contribution in [-0.2, 0) is 14.3 Å². The number of ether oxygens (including phenoxy) is 1. The summed E-state index contributed by atoms with van der Waals surface area (Å²) in [5.41, 5.74) is 0. The summed E-state index contributed by atoms with van der Waals surface area (Å²) in [6, 6.07) is 0. The molecule has 0 radical (unpaired) electrons. The Morgan fingerprint density at radius 1 is 1.25 bits per heavy atom. The van der Waals surface area contributed by atoms with E-state index in [1.807, 2.05) is 6.08 Å². The van der Waals surface area contributed by atoms with Crippen molar-refractivity contribution < 1.29 is 19.4 Å². The van der Waals surface area contributed by atoms with Gasteiger partial charge in [-0.25, -0.2) is 0 Å². The molecule has 0 aromatic heterocycles. The molecule has 0 saturated heterocycles. The molecule has 20 heavy (non-hydrogen) atoms. The standard InChI is InChI=1S/C16H26O4/c1-2-3-4-5-8-11-20-15(17)12-14(16(18)19)13-9-6-7-10-13/h2,13-14H,1,3-12H2,(H,18,19)/t14-/m0/s1. The largest absolute Gasteiger partial charge is 0.481 e. The van der Waals surface area contributed by atoms with Crippen molar-refractivity contribution in [1.29, 1.82) is 0 Å². The number of esters is 1. The van der Waals surface area contributed by atoms with E-state index >= 15 is 0 Å². The minimum absolute atomic E-state index is 0.0205. The first-order valence-corrected chi connectivity index (χ1v) is 7.64. The van der Waals surface area contributed by atoms with Gasteiger partial charge < -0.3 is 9.84 Å². The fourth-order valence-electron chi connectivity index (χ4n) is 2.81. The maximum absolute atomic E-state index is 11.7. The van der Waals surface area contributed by atoms with Gasteiger partial charge in [-0.15, -0.1) is 6.58 Å². The highest BCUT2D eigenvalue weighted by Crippen LogP contribution is 2.33. The van der Waals surface area contributed by atoms with Gasteiger partial charge >= 0.3 is 11.9 Å². The van der Waals surface area contributed by atoms with Crippen molar-refractivity contribution in [3.63, 3.8) is 0 Å². The van der Waals surface area contributed by atoms with E-state index in [-0.39, 0.29) is 18.3 Å². The number of hydrogen-bond donors (Lipinski definition) is 1. The first-order chi connectivity index (χ1) is 9.65. The van der Waals surface area contributed by atoms with E-state index in [0.29, 0.717) is 6.61 Å². The molecule has 0 aliphatic heterocycles. The number of unbranched alkanes of at least 4 members (excludes halogenated alkanes) is 3. The fraction of sp³-hybridized carbons (Fsp3) is 0.750. The molecule has 1 rings (SSSR count). The second-order valence-electron chi connectivity index (χ2n) is 5.55. The van der Waals surface area contributed by atoms with Gasteiger partial charge in [0.2, 0.25) is 0 Å². The van der Waals surface area contributed by atoms with Crippen LogP contribution >= 0.6 is 0 Å². The van der Waals surface area contributed by atoms with Crippen LogP contribution in [0.25, 0.3) is 0 Å². The van der Waals surface area contributed by atoms with Gasteiger partial charge in [-0.2, -0.15) is 0 Å². The molecular formula is C16H26O4. The number of carbonyl (C=O) groups excluding carboxylic acids is 1. The summed E-state index contributed by atoms with van der Waals surface area (Å²) in [7, 11) is 0. The first-order valence-electron chi connectivity index (χ1n) is 7.64. The Balaban J connectivity index is 2.21. The molecule has 1 atom stereocenters. The topological polar surface area (TPSA) is 63.6 Å². The summed E-state index contributed by atoms with van der Waals surface area (Å²) in [5, 5.41) is 9.23. The molecule has 0 aromatic carbocycles. The highest BCUT2D eigenvalue weighted by molar-refractivity contribution is 5.79. The van der Waals surface area contributed by atoms with E-state index in [9.17, 15) is 14.7 Å². The Labute approximate surface area is 121 Å². The zero-order chi connectivity index (χ0) is 14.8. The van der Waals surface area contributed by atoms with Crippen LogP contribution in [0.3, 0.4) is 0 Å². The molecule has 0 amide bonds. The Bertz CT molecular complexity index is 318. The number of rotatable bonds is 10. The third-order valence-electron chi connectivity index (χ3n) is 3.99. The third-order valence-corrected chi connectivity index (χ3v) is 3.99. The molecule has 0 aromatic rings. The molecule has 0 bridgehead atoms. The predicted molar refractivity (Wildman–Crippen MR) is 77.3 cm³/mol. The quantitative estimate of drug-likeness (QED) is 0.378. The minimum atomic E-state index is -0.861. The lowest BCUT2D eigenvalue weighted by Crippen LogP contribution is -2.25. The predicted octanol–water partition coefficient (Wildman–Crippen LogP) is 3.56. The Hall–Kier alpha value is -1.32. The lowest BCUT2D eigenvalue weighted by atomic mass is 9.88. The summed E-state index contributed by atoms with van der Waals surface area (Å²) in [6.07, 6.45) is 9.78. The van der Waals surface area contributed by atoms with Gasteiger partial charge in [0.25, 0.3) is 0 Å². The van der Waals surface area contributed by atoms with Gasteiger partial charge in [-0.05, 0) is 44.4 Å². The van der Waals surface area contributed by atoms with E-state index in [2.05, 4.69) is 6.58 Å². The number of hydrogen-bond acceptors (Lipinski definition) is 3. The Morgan fingerprint density at radius 3 is 2.55 bits per heavy atom. The molecule has 1 aliphatic rings. The van der Waals surface area contributed by atoms with Gasteiger partial charge in [0.15, 0.2) is 0 Å². The molecule has 1 aliphatic carbocycles. The maximum Gasteiger partial charge on any atom is 0.307 e. The molecule has 1 N–H and O–H groups in total. The summed E-state index contributed by atoms with van der Waals surface area (Å²) in [5.74, 6) is -1.65. The Kier molecular flexibility index (Phi) is 8.00. The van der Waals surface area contributed by atoms with E-state index in [1.165, 1.54) is 0 Å². The molecule has 114 valence electrons. The van der Waals surface area contributed by atoms with Crippen LogP contribution in [0.1, 0.15) is 57.8 Å². The molecule has 1 fully saturated rings. The number of carboxylic acids is 1. The lowest BCUT2D eigenvalue weighted by Gasteiger charge is -2.18. The summed E-state index contributed by atoms with van der Waals surface area (Å²) in [6.45, 7) is 4.05. The van der Waals surface area contributed by atoms with Crippen molar-refractivity contribution in [3.05, 3.63) is 12.7 Å². The Morgan fingerprint density at radius 2 is 1.95 bits per heavy atom. The summed E-state index contributed by atoms with van der Waals surface area (Å²) >= 11 is 0. The highest BCUT2D eigenvalue weighted by atomic mass is 16.5. The number of allylic oxidation sites excluding steroid dienone is 1. The highest BCUT2D eigenvalue weighted by Gasteiger charge is 2.32. The number of carbonyl (C=O) groups is 2. The van der Waals surface area contributed by atoms with Gasteiger partial charge in [-0.3, -0.25) is 9.59 Å². The molecule has 0 unspecified atom stereocenters. The monoisotopic (exact) mass is 282 g/mol. The maximum atomic E-state index is 11.7. The molecular weight excluding hydrogens is 256 g/mol. The van der Waals surface area contributed by atoms with Gasteiger partial charge in [0.1, 0.15) is 0 Å². The van der Waals surface area contributed by atoms with Crippen molar-refractivity contribution in [2.45, 2.75) is 57.8 Å². The number of aliphatic carboxylic acids is 1. The number of carboxylic acid groups (broad SMARTS) is 1. The van der Waals surface area contributed by atoms with Crippen LogP contribution in [0.5, 0.6) is 0 Å². The van der Waals surface area contributed by atoms with Crippen LogP contribution in [0.4, 0.5) is 0 Å². The molecule has 0 spiro atoms. The van der Waals surface area contributed by atoms with Crippen LogP contribution in [-0.4, -0.2) is 23.7 Å². The van der Waals surface area contributed by atoms with Crippen LogP contribution in [0, 0.1) is 11.8 Å². The van der Waals surface area contributed by atoms with Crippen LogP contribution < -0.4 is 0 Å². The second-order valence-corrected chi connectivity index (χ2v) is 5.55.